The highest BCUT2D eigenvalue weighted by atomic mass is 32.2. The molecular weight excluding hydrogens is 298 g/mol. The largest absolute Gasteiger partial charge is 0.326 e. The lowest BCUT2D eigenvalue weighted by molar-refractivity contribution is 0.596. The van der Waals surface area contributed by atoms with Crippen molar-refractivity contribution >= 4 is 37.3 Å². The Balaban J connectivity index is 1.96. The summed E-state index contributed by atoms with van der Waals surface area (Å²) >= 11 is 1.45. The van der Waals surface area contributed by atoms with Crippen LogP contribution in [0, 0.1) is 0 Å². The Morgan fingerprint density at radius 2 is 2.25 bits per heavy atom. The molecule has 104 valence electrons. The molecule has 0 bridgehead atoms. The smallest absolute Gasteiger partial charge is 0.279 e. The highest BCUT2D eigenvalue weighted by Crippen LogP contribution is 2.24. The van der Waals surface area contributed by atoms with Crippen LogP contribution in [0.15, 0.2) is 34.9 Å². The molecule has 2 heterocycles. The molecule has 7 nitrogen and oxygen atoms in total. The zero-order valence-electron chi connectivity index (χ0n) is 10.2. The summed E-state index contributed by atoms with van der Waals surface area (Å²) < 4.78 is 27.9. The van der Waals surface area contributed by atoms with E-state index in [0.29, 0.717) is 11.3 Å². The van der Waals surface area contributed by atoms with E-state index >= 15 is 0 Å². The summed E-state index contributed by atoms with van der Waals surface area (Å²) in [6.45, 7) is 0.0978. The van der Waals surface area contributed by atoms with Crippen molar-refractivity contribution in [3.63, 3.8) is 0 Å². The third kappa shape index (κ3) is 2.26. The molecule has 0 spiro atoms. The number of nitrogens with one attached hydrogen (secondary N) is 2. The number of aromatic nitrogens is 3. The van der Waals surface area contributed by atoms with Gasteiger partial charge in [-0.25, -0.2) is 4.98 Å². The fourth-order valence-corrected chi connectivity index (χ4v) is 3.71. The van der Waals surface area contributed by atoms with Gasteiger partial charge < -0.3 is 5.73 Å². The van der Waals surface area contributed by atoms with Crippen LogP contribution in [0.3, 0.4) is 0 Å². The van der Waals surface area contributed by atoms with Crippen LogP contribution in [0.1, 0.15) is 5.56 Å². The van der Waals surface area contributed by atoms with E-state index in [4.69, 9.17) is 5.73 Å². The molecule has 3 rings (SSSR count). The third-order valence-corrected chi connectivity index (χ3v) is 4.94. The second kappa shape index (κ2) is 4.85. The summed E-state index contributed by atoms with van der Waals surface area (Å²) in [6.07, 6.45) is 1.40. The molecule has 0 fully saturated rings. The van der Waals surface area contributed by atoms with Gasteiger partial charge in [0.1, 0.15) is 0 Å². The Kier molecular flexibility index (Phi) is 3.16. The number of thiazole rings is 1. The molecule has 1 aromatic carbocycles. The average molecular weight is 309 g/mol. The summed E-state index contributed by atoms with van der Waals surface area (Å²) in [7, 11) is -3.73. The highest BCUT2D eigenvalue weighted by Gasteiger charge is 2.20. The number of sulfonamides is 1. The predicted molar refractivity (Wildman–Crippen MR) is 76.9 cm³/mol. The topological polar surface area (TPSA) is 114 Å². The molecule has 0 saturated carbocycles. The van der Waals surface area contributed by atoms with Crippen LogP contribution in [0.2, 0.25) is 0 Å². The van der Waals surface area contributed by atoms with E-state index in [1.165, 1.54) is 17.5 Å². The van der Waals surface area contributed by atoms with Gasteiger partial charge in [-0.3, -0.25) is 9.82 Å². The van der Waals surface area contributed by atoms with Gasteiger partial charge in [-0.1, -0.05) is 0 Å². The number of nitrogens with zero attached hydrogens (tertiary/aromatic N) is 2. The zero-order valence-corrected chi connectivity index (χ0v) is 11.8. The van der Waals surface area contributed by atoms with Gasteiger partial charge >= 0.3 is 0 Å². The number of fused-ring (bicyclic) bond motifs is 1. The molecule has 4 N–H and O–H groups in total. The van der Waals surface area contributed by atoms with E-state index in [1.807, 2.05) is 0 Å². The van der Waals surface area contributed by atoms with Crippen LogP contribution in [-0.4, -0.2) is 23.6 Å². The second-order valence-corrected chi connectivity index (χ2v) is 6.57. The minimum absolute atomic E-state index is 0.00981. The van der Waals surface area contributed by atoms with E-state index in [1.54, 1.807) is 23.7 Å². The molecule has 0 radical (unpaired) electrons. The SMILES string of the molecule is NCc1cn[nH]c1S(=O)(=O)Nc1ccc2ncsc2c1. The molecule has 0 aliphatic heterocycles. The van der Waals surface area contributed by atoms with E-state index in [9.17, 15) is 8.42 Å². The van der Waals surface area contributed by atoms with Crippen molar-refractivity contribution in [1.82, 2.24) is 15.2 Å². The van der Waals surface area contributed by atoms with Crippen molar-refractivity contribution in [2.45, 2.75) is 11.6 Å². The van der Waals surface area contributed by atoms with Gasteiger partial charge in [0.15, 0.2) is 5.03 Å². The third-order valence-electron chi connectivity index (χ3n) is 2.75. The quantitative estimate of drug-likeness (QED) is 0.671. The van der Waals surface area contributed by atoms with E-state index in [-0.39, 0.29) is 11.6 Å². The molecule has 3 aromatic rings. The Morgan fingerprint density at radius 3 is 3.05 bits per heavy atom. The van der Waals surface area contributed by atoms with Crippen LogP contribution in [0.5, 0.6) is 0 Å². The predicted octanol–water partition coefficient (Wildman–Crippen LogP) is 1.28. The highest BCUT2D eigenvalue weighted by molar-refractivity contribution is 7.92. The van der Waals surface area contributed by atoms with Crippen LogP contribution >= 0.6 is 11.3 Å². The maximum atomic E-state index is 12.3. The van der Waals surface area contributed by atoms with Gasteiger partial charge in [-0.05, 0) is 18.2 Å². The molecule has 0 aliphatic rings. The minimum Gasteiger partial charge on any atom is -0.326 e. The maximum Gasteiger partial charge on any atom is 0.279 e. The van der Waals surface area contributed by atoms with Crippen LogP contribution < -0.4 is 10.5 Å². The van der Waals surface area contributed by atoms with E-state index in [0.717, 1.165) is 10.2 Å². The van der Waals surface area contributed by atoms with Crippen molar-refractivity contribution in [2.75, 3.05) is 4.72 Å². The van der Waals surface area contributed by atoms with Gasteiger partial charge in [0.2, 0.25) is 0 Å². The fourth-order valence-electron chi connectivity index (χ4n) is 1.80. The molecule has 0 aliphatic carbocycles. The Morgan fingerprint density at radius 1 is 1.40 bits per heavy atom. The Labute approximate surface area is 118 Å². The van der Waals surface area contributed by atoms with Gasteiger partial charge in [-0.2, -0.15) is 13.5 Å². The van der Waals surface area contributed by atoms with Gasteiger partial charge in [0.05, 0.1) is 27.6 Å². The Hall–Kier alpha value is -1.97. The standard InChI is InChI=1S/C11H11N5O2S2/c12-4-7-5-14-15-11(7)20(17,18)16-8-1-2-9-10(3-8)19-6-13-9/h1-3,5-6,16H,4,12H2,(H,14,15). The minimum atomic E-state index is -3.73. The first-order chi connectivity index (χ1) is 9.60. The van der Waals surface area contributed by atoms with Gasteiger partial charge in [0.25, 0.3) is 10.0 Å². The summed E-state index contributed by atoms with van der Waals surface area (Å²) in [5, 5.41) is 6.16. The molecule has 0 saturated heterocycles. The number of nitrogens with two attached hydrogens (primary N) is 1. The van der Waals surface area contributed by atoms with Crippen molar-refractivity contribution < 1.29 is 8.42 Å². The molecule has 0 unspecified atom stereocenters. The number of anilines is 1. The average Bonchev–Trinajstić information content (AvgIpc) is 3.06. The number of rotatable bonds is 4. The van der Waals surface area contributed by atoms with Crippen molar-refractivity contribution in [3.05, 3.63) is 35.5 Å². The lowest BCUT2D eigenvalue weighted by atomic mass is 10.3. The molecule has 20 heavy (non-hydrogen) atoms. The lowest BCUT2D eigenvalue weighted by Gasteiger charge is -2.07. The number of hydrogen-bond acceptors (Lipinski definition) is 6. The monoisotopic (exact) mass is 309 g/mol. The number of benzene rings is 1. The first kappa shape index (κ1) is 13.0. The summed E-state index contributed by atoms with van der Waals surface area (Å²) in [6, 6.07) is 5.17. The van der Waals surface area contributed by atoms with Crippen LogP contribution in [-0.2, 0) is 16.6 Å². The molecule has 2 aromatic heterocycles. The van der Waals surface area contributed by atoms with Crippen molar-refractivity contribution in [1.29, 1.82) is 0 Å². The van der Waals surface area contributed by atoms with Crippen molar-refractivity contribution in [3.8, 4) is 0 Å². The number of hydrogen-bond donors (Lipinski definition) is 3. The Bertz CT molecular complexity index is 852. The molecule has 0 atom stereocenters. The molecule has 0 amide bonds. The van der Waals surface area contributed by atoms with Gasteiger partial charge in [0, 0.05) is 12.1 Å². The summed E-state index contributed by atoms with van der Waals surface area (Å²) in [5.74, 6) is 0. The van der Waals surface area contributed by atoms with Crippen LogP contribution in [0.25, 0.3) is 10.2 Å². The van der Waals surface area contributed by atoms with E-state index in [2.05, 4.69) is 19.9 Å². The summed E-state index contributed by atoms with van der Waals surface area (Å²) in [4.78, 5) is 4.14. The molecule has 9 heteroatoms. The fraction of sp³-hybridized carbons (Fsp3) is 0.0909. The second-order valence-electron chi connectivity index (χ2n) is 4.07. The lowest BCUT2D eigenvalue weighted by Crippen LogP contribution is -2.16. The normalized spacial score (nSPS) is 11.8. The summed E-state index contributed by atoms with van der Waals surface area (Å²) in [5.41, 5.74) is 8.95. The van der Waals surface area contributed by atoms with Gasteiger partial charge in [-0.15, -0.1) is 11.3 Å². The van der Waals surface area contributed by atoms with Crippen molar-refractivity contribution in [2.24, 2.45) is 5.73 Å². The number of aromatic amines is 1. The maximum absolute atomic E-state index is 12.3. The molecular formula is C11H11N5O2S2. The zero-order chi connectivity index (χ0) is 14.2. The first-order valence-corrected chi connectivity index (χ1v) is 8.05. The number of H-pyrrole nitrogens is 1. The van der Waals surface area contributed by atoms with E-state index < -0.39 is 10.0 Å². The first-order valence-electron chi connectivity index (χ1n) is 5.68. The van der Waals surface area contributed by atoms with Crippen LogP contribution in [0.4, 0.5) is 5.69 Å².